The SMILES string of the molecule is O=C1C2CC(F)CN2C(=O)N1c1cc(NS(=O)(=O)CCl)c(Cl)cc1F. The summed E-state index contributed by atoms with van der Waals surface area (Å²) in [5.41, 5.74) is -0.716. The van der Waals surface area contributed by atoms with Crippen molar-refractivity contribution in [2.75, 3.05) is 21.4 Å². The number of carbonyl (C=O) groups is 2. The minimum Gasteiger partial charge on any atom is -0.309 e. The molecule has 136 valence electrons. The Kier molecular flexibility index (Phi) is 4.54. The number of anilines is 2. The molecule has 2 saturated heterocycles. The lowest BCUT2D eigenvalue weighted by atomic mass is 10.2. The topological polar surface area (TPSA) is 86.8 Å². The molecule has 0 bridgehead atoms. The van der Waals surface area contributed by atoms with Gasteiger partial charge in [0, 0.05) is 6.42 Å². The average Bonchev–Trinajstić information content (AvgIpc) is 3.01. The summed E-state index contributed by atoms with van der Waals surface area (Å²) in [5, 5.41) is -1.05. The number of nitrogens with zero attached hydrogens (tertiary/aromatic N) is 2. The van der Waals surface area contributed by atoms with E-state index in [9.17, 15) is 26.8 Å². The molecule has 2 unspecified atom stereocenters. The molecule has 2 heterocycles. The molecular formula is C13H11Cl2F2N3O4S. The molecular weight excluding hydrogens is 403 g/mol. The van der Waals surface area contributed by atoms with E-state index in [1.807, 2.05) is 4.72 Å². The number of hydrogen-bond donors (Lipinski definition) is 1. The molecule has 2 atom stereocenters. The van der Waals surface area contributed by atoms with Crippen LogP contribution in [0.5, 0.6) is 0 Å². The first-order valence-electron chi connectivity index (χ1n) is 6.98. The Hall–Kier alpha value is -1.65. The zero-order valence-electron chi connectivity index (χ0n) is 12.4. The largest absolute Gasteiger partial charge is 0.332 e. The van der Waals surface area contributed by atoms with Crippen molar-refractivity contribution in [1.82, 2.24) is 4.90 Å². The normalized spacial score (nSPS) is 23.4. The fraction of sp³-hybridized carbons (Fsp3) is 0.385. The predicted octanol–water partition coefficient (Wildman–Crippen LogP) is 2.30. The van der Waals surface area contributed by atoms with Crippen LogP contribution in [0.3, 0.4) is 0 Å². The number of rotatable bonds is 4. The van der Waals surface area contributed by atoms with Crippen LogP contribution in [0.25, 0.3) is 0 Å². The number of urea groups is 1. The van der Waals surface area contributed by atoms with Gasteiger partial charge in [0.15, 0.2) is 0 Å². The van der Waals surface area contributed by atoms with E-state index in [4.69, 9.17) is 23.2 Å². The van der Waals surface area contributed by atoms with E-state index in [2.05, 4.69) is 0 Å². The zero-order chi connectivity index (χ0) is 18.5. The van der Waals surface area contributed by atoms with Gasteiger partial charge in [0.25, 0.3) is 5.91 Å². The van der Waals surface area contributed by atoms with E-state index in [1.54, 1.807) is 0 Å². The summed E-state index contributed by atoms with van der Waals surface area (Å²) >= 11 is 11.1. The molecule has 1 aromatic carbocycles. The molecule has 2 fully saturated rings. The van der Waals surface area contributed by atoms with Crippen LogP contribution in [0.1, 0.15) is 6.42 Å². The Bertz CT molecular complexity index is 843. The number of amides is 3. The van der Waals surface area contributed by atoms with Crippen LogP contribution in [0.4, 0.5) is 25.0 Å². The van der Waals surface area contributed by atoms with Gasteiger partial charge in [-0.05, 0) is 12.1 Å². The van der Waals surface area contributed by atoms with Gasteiger partial charge >= 0.3 is 6.03 Å². The minimum absolute atomic E-state index is 0.165. The van der Waals surface area contributed by atoms with E-state index < -0.39 is 50.9 Å². The Morgan fingerprint density at radius 3 is 2.60 bits per heavy atom. The number of halogens is 4. The third-order valence-corrected chi connectivity index (χ3v) is 5.87. The maximum absolute atomic E-state index is 14.3. The van der Waals surface area contributed by atoms with E-state index in [1.165, 1.54) is 0 Å². The van der Waals surface area contributed by atoms with Crippen molar-refractivity contribution in [1.29, 1.82) is 0 Å². The summed E-state index contributed by atoms with van der Waals surface area (Å²) in [6, 6.07) is -0.180. The molecule has 12 heteroatoms. The molecule has 1 aromatic rings. The highest BCUT2D eigenvalue weighted by Crippen LogP contribution is 2.37. The van der Waals surface area contributed by atoms with Crippen LogP contribution in [0.2, 0.25) is 5.02 Å². The number of hydrogen-bond acceptors (Lipinski definition) is 4. The van der Waals surface area contributed by atoms with Crippen molar-refractivity contribution >= 4 is 56.5 Å². The van der Waals surface area contributed by atoms with Crippen molar-refractivity contribution in [3.63, 3.8) is 0 Å². The summed E-state index contributed by atoms with van der Waals surface area (Å²) < 4.78 is 52.8. The first-order chi connectivity index (χ1) is 11.6. The molecule has 7 nitrogen and oxygen atoms in total. The number of fused-ring (bicyclic) bond motifs is 1. The Morgan fingerprint density at radius 1 is 1.32 bits per heavy atom. The van der Waals surface area contributed by atoms with Gasteiger partial charge in [0.1, 0.15) is 23.2 Å². The number of sulfonamides is 1. The fourth-order valence-corrected chi connectivity index (χ4v) is 3.78. The predicted molar refractivity (Wildman–Crippen MR) is 87.6 cm³/mol. The molecule has 1 N–H and O–H groups in total. The third-order valence-electron chi connectivity index (χ3n) is 3.88. The number of imide groups is 1. The third kappa shape index (κ3) is 3.13. The lowest BCUT2D eigenvalue weighted by Gasteiger charge is -2.18. The lowest BCUT2D eigenvalue weighted by molar-refractivity contribution is -0.119. The van der Waals surface area contributed by atoms with Gasteiger partial charge in [-0.2, -0.15) is 0 Å². The number of nitrogens with one attached hydrogen (secondary N) is 1. The molecule has 0 aliphatic carbocycles. The quantitative estimate of drug-likeness (QED) is 0.605. The minimum atomic E-state index is -3.94. The van der Waals surface area contributed by atoms with E-state index >= 15 is 0 Å². The van der Waals surface area contributed by atoms with Gasteiger partial charge in [-0.1, -0.05) is 11.6 Å². The van der Waals surface area contributed by atoms with Gasteiger partial charge in [-0.3, -0.25) is 9.52 Å². The van der Waals surface area contributed by atoms with Crippen molar-refractivity contribution in [3.05, 3.63) is 23.0 Å². The van der Waals surface area contributed by atoms with Gasteiger partial charge < -0.3 is 4.90 Å². The molecule has 2 aliphatic rings. The summed E-state index contributed by atoms with van der Waals surface area (Å²) in [4.78, 5) is 26.3. The van der Waals surface area contributed by atoms with Crippen molar-refractivity contribution < 1.29 is 26.8 Å². The van der Waals surface area contributed by atoms with Crippen LogP contribution < -0.4 is 9.62 Å². The molecule has 0 saturated carbocycles. The van der Waals surface area contributed by atoms with E-state index in [0.29, 0.717) is 4.90 Å². The highest BCUT2D eigenvalue weighted by molar-refractivity contribution is 7.93. The summed E-state index contributed by atoms with van der Waals surface area (Å²) in [6.07, 6.45) is -1.48. The van der Waals surface area contributed by atoms with Gasteiger partial charge in [0.05, 0.1) is 22.9 Å². The monoisotopic (exact) mass is 413 g/mol. The smallest absolute Gasteiger partial charge is 0.309 e. The summed E-state index contributed by atoms with van der Waals surface area (Å²) in [6.45, 7) is -0.257. The molecule has 0 aromatic heterocycles. The second-order valence-corrected chi connectivity index (χ2v) is 8.28. The van der Waals surface area contributed by atoms with Crippen molar-refractivity contribution in [2.24, 2.45) is 0 Å². The second-order valence-electron chi connectivity index (χ2n) is 5.57. The second kappa shape index (κ2) is 6.26. The molecule has 25 heavy (non-hydrogen) atoms. The van der Waals surface area contributed by atoms with Gasteiger partial charge in [-0.25, -0.2) is 26.9 Å². The van der Waals surface area contributed by atoms with Crippen molar-refractivity contribution in [2.45, 2.75) is 18.6 Å². The number of benzene rings is 1. The number of alkyl halides is 2. The summed E-state index contributed by atoms with van der Waals surface area (Å²) in [5.74, 6) is -1.78. The van der Waals surface area contributed by atoms with Crippen LogP contribution >= 0.6 is 23.2 Å². The standard InChI is InChI=1S/C13H11Cl2F2N3O4S/c14-5-25(23,24)18-9-3-10(8(17)2-7(9)15)20-12(21)11-1-6(16)4-19(11)13(20)22/h2-3,6,11,18H,1,4-5H2. The highest BCUT2D eigenvalue weighted by atomic mass is 35.5. The van der Waals surface area contributed by atoms with Crippen LogP contribution in [-0.4, -0.2) is 49.2 Å². The molecule has 3 amide bonds. The van der Waals surface area contributed by atoms with E-state index in [-0.39, 0.29) is 23.7 Å². The highest BCUT2D eigenvalue weighted by Gasteiger charge is 2.52. The first kappa shape index (κ1) is 18.2. The molecule has 3 rings (SSSR count). The Labute approximate surface area is 151 Å². The molecule has 0 radical (unpaired) electrons. The molecule has 2 aliphatic heterocycles. The van der Waals surface area contributed by atoms with Gasteiger partial charge in [0.2, 0.25) is 10.0 Å². The Morgan fingerprint density at radius 2 is 2.00 bits per heavy atom. The van der Waals surface area contributed by atoms with Crippen LogP contribution in [-0.2, 0) is 14.8 Å². The first-order valence-corrected chi connectivity index (χ1v) is 9.55. The van der Waals surface area contributed by atoms with E-state index in [0.717, 1.165) is 17.0 Å². The summed E-state index contributed by atoms with van der Waals surface area (Å²) in [7, 11) is -3.94. The fourth-order valence-electron chi connectivity index (χ4n) is 2.81. The zero-order valence-corrected chi connectivity index (χ0v) is 14.7. The Balaban J connectivity index is 2.00. The maximum Gasteiger partial charge on any atom is 0.332 e. The van der Waals surface area contributed by atoms with Gasteiger partial charge in [-0.15, -0.1) is 11.6 Å². The lowest BCUT2D eigenvalue weighted by Crippen LogP contribution is -2.35. The van der Waals surface area contributed by atoms with Crippen LogP contribution in [0.15, 0.2) is 12.1 Å². The average molecular weight is 414 g/mol. The maximum atomic E-state index is 14.3. The van der Waals surface area contributed by atoms with Crippen LogP contribution in [0, 0.1) is 5.82 Å². The number of carbonyl (C=O) groups excluding carboxylic acids is 2. The molecule has 0 spiro atoms. The van der Waals surface area contributed by atoms with Crippen molar-refractivity contribution in [3.8, 4) is 0 Å².